The number of Topliss-reactive ketones (excluding diaryl/α,β-unsaturated/α-hetero) is 1. The van der Waals surface area contributed by atoms with Crippen LogP contribution in [0.1, 0.15) is 71.5 Å². The van der Waals surface area contributed by atoms with E-state index in [1.54, 1.807) is 12.5 Å². The van der Waals surface area contributed by atoms with Crippen molar-refractivity contribution in [2.45, 2.75) is 77.6 Å². The number of esters is 2. The van der Waals surface area contributed by atoms with Gasteiger partial charge in [-0.05, 0) is 36.3 Å². The maximum absolute atomic E-state index is 13.4. The zero-order chi connectivity index (χ0) is 24.7. The van der Waals surface area contributed by atoms with Crippen LogP contribution >= 0.6 is 0 Å². The van der Waals surface area contributed by atoms with Crippen molar-refractivity contribution in [3.63, 3.8) is 0 Å². The van der Waals surface area contributed by atoms with Crippen LogP contribution in [0.15, 0.2) is 35.2 Å². The van der Waals surface area contributed by atoms with E-state index in [1.165, 1.54) is 7.11 Å². The van der Waals surface area contributed by atoms with Crippen LogP contribution in [0.4, 0.5) is 0 Å². The Morgan fingerprint density at radius 1 is 1.24 bits per heavy atom. The van der Waals surface area contributed by atoms with Crippen LogP contribution in [0.3, 0.4) is 0 Å². The second kappa shape index (κ2) is 7.30. The number of hydrogen-bond donors (Lipinski definition) is 0. The zero-order valence-electron chi connectivity index (χ0n) is 20.6. The number of carbonyl (C=O) groups excluding carboxylic acids is 3. The molecule has 0 aromatic carbocycles. The Morgan fingerprint density at radius 2 is 1.97 bits per heavy atom. The third kappa shape index (κ3) is 2.76. The van der Waals surface area contributed by atoms with Crippen molar-refractivity contribution in [1.82, 2.24) is 0 Å². The SMILES string of the molecule is C=C1C2CC[C@@]3(C)[C@H](c4ccoc4)OC(=O)C[C@]13OC1CC(=O)C(C)(C)C(CC(=O)OC)C12C. The number of furan rings is 1. The van der Waals surface area contributed by atoms with Gasteiger partial charge in [0.15, 0.2) is 0 Å². The van der Waals surface area contributed by atoms with Crippen LogP contribution in [-0.2, 0) is 28.6 Å². The summed E-state index contributed by atoms with van der Waals surface area (Å²) in [5.41, 5.74) is -1.05. The molecule has 1 aromatic rings. The van der Waals surface area contributed by atoms with Crippen molar-refractivity contribution >= 4 is 17.7 Å². The summed E-state index contributed by atoms with van der Waals surface area (Å²) in [6.45, 7) is 12.6. The molecule has 0 amide bonds. The van der Waals surface area contributed by atoms with Crippen molar-refractivity contribution in [3.8, 4) is 0 Å². The molecule has 2 saturated carbocycles. The number of hydrogen-bond acceptors (Lipinski definition) is 7. The van der Waals surface area contributed by atoms with Crippen molar-refractivity contribution in [2.24, 2.45) is 28.1 Å². The van der Waals surface area contributed by atoms with Gasteiger partial charge in [-0.1, -0.05) is 34.3 Å². The van der Waals surface area contributed by atoms with Crippen LogP contribution in [0, 0.1) is 28.1 Å². The topological polar surface area (TPSA) is 92.0 Å². The second-order valence-electron chi connectivity index (χ2n) is 11.6. The summed E-state index contributed by atoms with van der Waals surface area (Å²) < 4.78 is 23.2. The molecule has 4 unspecified atom stereocenters. The monoisotopic (exact) mass is 470 g/mol. The van der Waals surface area contributed by atoms with Gasteiger partial charge in [0.2, 0.25) is 0 Å². The highest BCUT2D eigenvalue weighted by Crippen LogP contribution is 2.71. The lowest BCUT2D eigenvalue weighted by Gasteiger charge is -2.70. The van der Waals surface area contributed by atoms with E-state index in [4.69, 9.17) is 18.6 Å². The van der Waals surface area contributed by atoms with E-state index in [0.29, 0.717) is 0 Å². The fraction of sp³-hybridized carbons (Fsp3) is 0.667. The average molecular weight is 471 g/mol. The van der Waals surface area contributed by atoms with Gasteiger partial charge in [-0.25, -0.2) is 0 Å². The number of ether oxygens (including phenoxy) is 3. The summed E-state index contributed by atoms with van der Waals surface area (Å²) in [6, 6.07) is 1.82. The number of ketones is 1. The van der Waals surface area contributed by atoms with Crippen LogP contribution in [-0.4, -0.2) is 36.5 Å². The van der Waals surface area contributed by atoms with Crippen molar-refractivity contribution in [3.05, 3.63) is 36.3 Å². The fourth-order valence-corrected chi connectivity index (χ4v) is 7.88. The van der Waals surface area contributed by atoms with Gasteiger partial charge in [0.1, 0.15) is 17.5 Å². The fourth-order valence-electron chi connectivity index (χ4n) is 7.88. The van der Waals surface area contributed by atoms with Crippen molar-refractivity contribution in [2.75, 3.05) is 7.11 Å². The molecule has 2 aliphatic heterocycles. The van der Waals surface area contributed by atoms with E-state index in [2.05, 4.69) is 20.4 Å². The van der Waals surface area contributed by atoms with Gasteiger partial charge in [0.05, 0.1) is 32.2 Å². The number of rotatable bonds is 3. The summed E-state index contributed by atoms with van der Waals surface area (Å²) in [5, 5.41) is 0. The summed E-state index contributed by atoms with van der Waals surface area (Å²) in [4.78, 5) is 38.8. The lowest BCUT2D eigenvalue weighted by molar-refractivity contribution is -0.298. The van der Waals surface area contributed by atoms with Gasteiger partial charge in [-0.2, -0.15) is 0 Å². The molecule has 4 aliphatic rings. The predicted octanol–water partition coefficient (Wildman–Crippen LogP) is 4.56. The molecule has 4 fully saturated rings. The maximum Gasteiger partial charge on any atom is 0.309 e. The molecule has 7 atom stereocenters. The number of methoxy groups -OCH3 is 1. The molecule has 34 heavy (non-hydrogen) atoms. The van der Waals surface area contributed by atoms with Gasteiger partial charge in [-0.15, -0.1) is 0 Å². The van der Waals surface area contributed by atoms with Gasteiger partial charge in [0.25, 0.3) is 0 Å². The summed E-state index contributed by atoms with van der Waals surface area (Å²) in [6.07, 6.45) is 4.23. The van der Waals surface area contributed by atoms with E-state index in [0.717, 1.165) is 24.0 Å². The Kier molecular flexibility index (Phi) is 5.01. The van der Waals surface area contributed by atoms with Crippen LogP contribution in [0.5, 0.6) is 0 Å². The first kappa shape index (κ1) is 23.3. The minimum atomic E-state index is -0.949. The molecule has 184 valence electrons. The molecule has 0 N–H and O–H groups in total. The normalized spacial score (nSPS) is 42.9. The van der Waals surface area contributed by atoms with E-state index in [-0.39, 0.29) is 48.8 Å². The van der Waals surface area contributed by atoms with Crippen LogP contribution in [0.25, 0.3) is 0 Å². The maximum atomic E-state index is 13.4. The highest BCUT2D eigenvalue weighted by atomic mass is 16.6. The Morgan fingerprint density at radius 3 is 2.62 bits per heavy atom. The molecule has 2 saturated heterocycles. The van der Waals surface area contributed by atoms with Crippen molar-refractivity contribution in [1.29, 1.82) is 0 Å². The largest absolute Gasteiger partial charge is 0.472 e. The zero-order valence-corrected chi connectivity index (χ0v) is 20.6. The second-order valence-corrected chi connectivity index (χ2v) is 11.6. The standard InChI is InChI=1S/C27H34O7/c1-15-17-7-9-25(4)23(16-8-10-32-14-16)33-22(30)13-27(15,25)34-20-12-19(28)24(2,3)18(26(17,20)5)11-21(29)31-6/h8,10,14,17-18,20,23H,1,7,9,11-13H2,2-6H3/t17?,18?,20?,23-,25-,26?,27-/m0/s1. The molecule has 1 spiro atoms. The van der Waals surface area contributed by atoms with E-state index >= 15 is 0 Å². The lowest BCUT2D eigenvalue weighted by atomic mass is 9.41. The molecule has 7 heteroatoms. The van der Waals surface area contributed by atoms with Gasteiger partial charge in [0, 0.05) is 34.7 Å². The molecular formula is C27H34O7. The van der Waals surface area contributed by atoms with Gasteiger partial charge < -0.3 is 18.6 Å². The summed E-state index contributed by atoms with van der Waals surface area (Å²) >= 11 is 0. The molecule has 3 heterocycles. The smallest absolute Gasteiger partial charge is 0.309 e. The Hall–Kier alpha value is -2.41. The Bertz CT molecular complexity index is 1060. The predicted molar refractivity (Wildman–Crippen MR) is 121 cm³/mol. The third-order valence-electron chi connectivity index (χ3n) is 9.98. The average Bonchev–Trinajstić information content (AvgIpc) is 3.30. The highest BCUT2D eigenvalue weighted by Gasteiger charge is 2.73. The number of carbonyl (C=O) groups is 3. The molecule has 1 aromatic heterocycles. The Labute approximate surface area is 200 Å². The van der Waals surface area contributed by atoms with Gasteiger partial charge in [-0.3, -0.25) is 14.4 Å². The first-order valence-corrected chi connectivity index (χ1v) is 12.1. The summed E-state index contributed by atoms with van der Waals surface area (Å²) in [5.74, 6) is -0.889. The quantitative estimate of drug-likeness (QED) is 0.472. The highest BCUT2D eigenvalue weighted by molar-refractivity contribution is 5.87. The van der Waals surface area contributed by atoms with Gasteiger partial charge >= 0.3 is 11.9 Å². The number of cyclic esters (lactones) is 1. The lowest BCUT2D eigenvalue weighted by Crippen LogP contribution is -2.72. The van der Waals surface area contributed by atoms with Crippen LogP contribution < -0.4 is 0 Å². The van der Waals surface area contributed by atoms with E-state index in [9.17, 15) is 14.4 Å². The third-order valence-corrected chi connectivity index (χ3v) is 9.98. The van der Waals surface area contributed by atoms with E-state index in [1.807, 2.05) is 19.9 Å². The molecule has 5 rings (SSSR count). The molecule has 2 aliphatic carbocycles. The molecule has 2 bridgehead atoms. The van der Waals surface area contributed by atoms with E-state index < -0.39 is 34.1 Å². The molecule has 0 radical (unpaired) electrons. The van der Waals surface area contributed by atoms with Crippen LogP contribution in [0.2, 0.25) is 0 Å². The Balaban J connectivity index is 1.63. The first-order valence-electron chi connectivity index (χ1n) is 12.1. The molecule has 7 nitrogen and oxygen atoms in total. The number of fused-ring (bicyclic) bond motifs is 3. The minimum Gasteiger partial charge on any atom is -0.472 e. The van der Waals surface area contributed by atoms with Crippen molar-refractivity contribution < 1.29 is 33.0 Å². The molecular weight excluding hydrogens is 436 g/mol. The summed E-state index contributed by atoms with van der Waals surface area (Å²) in [7, 11) is 1.38. The first-order chi connectivity index (χ1) is 15.9. The minimum absolute atomic E-state index is 0.00254.